The van der Waals surface area contributed by atoms with Crippen molar-refractivity contribution in [1.29, 1.82) is 0 Å². The van der Waals surface area contributed by atoms with E-state index in [-0.39, 0.29) is 0 Å². The highest BCUT2D eigenvalue weighted by Crippen LogP contribution is 2.55. The lowest BCUT2D eigenvalue weighted by Gasteiger charge is -2.57. The molecule has 0 amide bonds. The molecule has 140 valence electrons. The number of hydrogen-bond donors (Lipinski definition) is 1. The fourth-order valence-electron chi connectivity index (χ4n) is 6.47. The molecule has 2 heterocycles. The molecule has 3 aromatic rings. The summed E-state index contributed by atoms with van der Waals surface area (Å²) in [4.78, 5) is 4.89. The van der Waals surface area contributed by atoms with Gasteiger partial charge in [-0.1, -0.05) is 17.4 Å². The molecule has 27 heavy (non-hydrogen) atoms. The van der Waals surface area contributed by atoms with E-state index in [1.807, 2.05) is 0 Å². The Morgan fingerprint density at radius 2 is 1.85 bits per heavy atom. The Labute approximate surface area is 164 Å². The van der Waals surface area contributed by atoms with Gasteiger partial charge in [-0.2, -0.15) is 0 Å². The molecule has 0 unspecified atom stereocenters. The van der Waals surface area contributed by atoms with Crippen LogP contribution in [0, 0.1) is 24.7 Å². The molecule has 0 spiro atoms. The first-order valence-electron chi connectivity index (χ1n) is 10.4. The summed E-state index contributed by atoms with van der Waals surface area (Å²) in [6, 6.07) is 10.9. The third-order valence-electron chi connectivity index (χ3n) is 7.25. The molecule has 3 nitrogen and oxygen atoms in total. The van der Waals surface area contributed by atoms with Crippen molar-refractivity contribution < 1.29 is 0 Å². The molecule has 1 N–H and O–H groups in total. The normalized spacial score (nSPS) is 31.8. The molecule has 4 aliphatic rings. The van der Waals surface area contributed by atoms with Crippen molar-refractivity contribution in [1.82, 2.24) is 14.9 Å². The molecule has 4 fully saturated rings. The minimum absolute atomic E-state index is 0.411. The fraction of sp³-hybridized carbons (Fsp3) is 0.522. The molecule has 7 rings (SSSR count). The zero-order chi connectivity index (χ0) is 18.0. The van der Waals surface area contributed by atoms with Gasteiger partial charge in [0.05, 0.1) is 10.2 Å². The van der Waals surface area contributed by atoms with Gasteiger partial charge >= 0.3 is 0 Å². The maximum absolute atomic E-state index is 4.89. The molecular weight excluding hydrogens is 350 g/mol. The van der Waals surface area contributed by atoms with E-state index in [4.69, 9.17) is 4.98 Å². The second kappa shape index (κ2) is 5.92. The van der Waals surface area contributed by atoms with E-state index < -0.39 is 0 Å². The Morgan fingerprint density at radius 1 is 1.11 bits per heavy atom. The third-order valence-corrected chi connectivity index (χ3v) is 8.27. The Kier molecular flexibility index (Phi) is 3.58. The van der Waals surface area contributed by atoms with Crippen molar-refractivity contribution in [3.63, 3.8) is 0 Å². The van der Waals surface area contributed by atoms with Crippen LogP contribution in [0.25, 0.3) is 15.3 Å². The zero-order valence-corrected chi connectivity index (χ0v) is 16.8. The van der Waals surface area contributed by atoms with E-state index in [2.05, 4.69) is 53.3 Å². The van der Waals surface area contributed by atoms with Gasteiger partial charge in [0.15, 0.2) is 5.13 Å². The van der Waals surface area contributed by atoms with Gasteiger partial charge in [-0.05, 0) is 93.0 Å². The molecular formula is C23H27N3S. The summed E-state index contributed by atoms with van der Waals surface area (Å²) < 4.78 is 3.56. The van der Waals surface area contributed by atoms with E-state index in [0.29, 0.717) is 5.54 Å². The number of rotatable bonds is 4. The molecule has 4 saturated carbocycles. The molecule has 0 radical (unpaired) electrons. The van der Waals surface area contributed by atoms with Gasteiger partial charge < -0.3 is 5.32 Å². The first-order chi connectivity index (χ1) is 13.2. The van der Waals surface area contributed by atoms with Gasteiger partial charge in [-0.25, -0.2) is 4.98 Å². The first kappa shape index (κ1) is 16.3. The van der Waals surface area contributed by atoms with Crippen molar-refractivity contribution in [2.45, 2.75) is 57.5 Å². The van der Waals surface area contributed by atoms with Crippen LogP contribution in [0.5, 0.6) is 0 Å². The molecule has 4 aliphatic carbocycles. The predicted octanol–water partition coefficient (Wildman–Crippen LogP) is 5.45. The zero-order valence-electron chi connectivity index (χ0n) is 15.9. The van der Waals surface area contributed by atoms with Crippen LogP contribution in [-0.2, 0) is 6.54 Å². The number of hydrogen-bond acceptors (Lipinski definition) is 3. The van der Waals surface area contributed by atoms with Crippen LogP contribution in [0.15, 0.2) is 36.5 Å². The van der Waals surface area contributed by atoms with Crippen LogP contribution in [0.1, 0.15) is 49.8 Å². The highest BCUT2D eigenvalue weighted by atomic mass is 32.1. The molecule has 4 heteroatoms. The molecule has 0 saturated heterocycles. The van der Waals surface area contributed by atoms with Gasteiger partial charge in [-0.15, -0.1) is 0 Å². The molecule has 2 aromatic heterocycles. The number of aryl methyl sites for hydroxylation is 1. The average molecular weight is 378 g/mol. The van der Waals surface area contributed by atoms with Crippen molar-refractivity contribution in [3.8, 4) is 5.13 Å². The maximum Gasteiger partial charge on any atom is 0.194 e. The van der Waals surface area contributed by atoms with Crippen LogP contribution in [0.2, 0.25) is 0 Å². The third kappa shape index (κ3) is 2.76. The molecule has 0 atom stereocenters. The Morgan fingerprint density at radius 3 is 2.59 bits per heavy atom. The molecule has 0 aliphatic heterocycles. The quantitative estimate of drug-likeness (QED) is 0.655. The van der Waals surface area contributed by atoms with Crippen molar-refractivity contribution in [2.24, 2.45) is 17.8 Å². The summed E-state index contributed by atoms with van der Waals surface area (Å²) in [6.07, 6.45) is 10.9. The van der Waals surface area contributed by atoms with Gasteiger partial charge in [0, 0.05) is 24.0 Å². The first-order valence-corrected chi connectivity index (χ1v) is 11.3. The summed E-state index contributed by atoms with van der Waals surface area (Å²) in [5.74, 6) is 2.97. The Bertz CT molecular complexity index is 963. The van der Waals surface area contributed by atoms with Gasteiger partial charge in [0.1, 0.15) is 0 Å². The summed E-state index contributed by atoms with van der Waals surface area (Å²) >= 11 is 1.79. The summed E-state index contributed by atoms with van der Waals surface area (Å²) in [6.45, 7) is 3.10. The summed E-state index contributed by atoms with van der Waals surface area (Å²) in [7, 11) is 0. The number of thiazole rings is 1. The van der Waals surface area contributed by atoms with Crippen LogP contribution in [0.3, 0.4) is 0 Å². The summed E-state index contributed by atoms with van der Waals surface area (Å²) in [5, 5.41) is 5.12. The number of nitrogens with zero attached hydrogens (tertiary/aromatic N) is 2. The van der Waals surface area contributed by atoms with Crippen LogP contribution >= 0.6 is 11.3 Å². The smallest absolute Gasteiger partial charge is 0.194 e. The Hall–Kier alpha value is -1.65. The topological polar surface area (TPSA) is 29.9 Å². The van der Waals surface area contributed by atoms with Gasteiger partial charge in [0.25, 0.3) is 0 Å². The van der Waals surface area contributed by atoms with Crippen molar-refractivity contribution >= 4 is 21.6 Å². The predicted molar refractivity (Wildman–Crippen MR) is 111 cm³/mol. The lowest BCUT2D eigenvalue weighted by molar-refractivity contribution is -0.0207. The van der Waals surface area contributed by atoms with Gasteiger partial charge in [-0.3, -0.25) is 4.57 Å². The van der Waals surface area contributed by atoms with E-state index >= 15 is 0 Å². The minimum atomic E-state index is 0.411. The Balaban J connectivity index is 1.26. The maximum atomic E-state index is 4.89. The fourth-order valence-corrected chi connectivity index (χ4v) is 7.56. The minimum Gasteiger partial charge on any atom is -0.306 e. The number of nitrogens with one attached hydrogen (secondary N) is 1. The lowest BCUT2D eigenvalue weighted by Crippen LogP contribution is -2.58. The second-order valence-electron chi connectivity index (χ2n) is 9.39. The number of fused-ring (bicyclic) bond motifs is 1. The van der Waals surface area contributed by atoms with E-state index in [0.717, 1.165) is 34.9 Å². The highest BCUT2D eigenvalue weighted by Gasteiger charge is 2.50. The SMILES string of the molecule is Cc1ccc2nc(-n3cccc3CNC34CC5CC(CC(C5)C3)C4)sc2c1. The number of aromatic nitrogens is 2. The molecule has 4 bridgehead atoms. The molecule has 1 aromatic carbocycles. The second-order valence-corrected chi connectivity index (χ2v) is 10.4. The van der Waals surface area contributed by atoms with E-state index in [1.165, 1.54) is 54.5 Å². The van der Waals surface area contributed by atoms with E-state index in [1.54, 1.807) is 11.3 Å². The summed E-state index contributed by atoms with van der Waals surface area (Å²) in [5.41, 5.74) is 4.15. The standard InChI is InChI=1S/C23H27N3S/c1-15-4-5-20-21(7-15)27-22(25-20)26-6-2-3-19(26)14-24-23-11-16-8-17(12-23)10-18(9-16)13-23/h2-7,16-18,24H,8-14H2,1H3. The number of benzene rings is 1. The highest BCUT2D eigenvalue weighted by molar-refractivity contribution is 7.20. The van der Waals surface area contributed by atoms with Crippen LogP contribution in [0.4, 0.5) is 0 Å². The van der Waals surface area contributed by atoms with E-state index in [9.17, 15) is 0 Å². The van der Waals surface area contributed by atoms with Crippen LogP contribution < -0.4 is 5.32 Å². The largest absolute Gasteiger partial charge is 0.306 e. The monoisotopic (exact) mass is 377 g/mol. The van der Waals surface area contributed by atoms with Crippen molar-refractivity contribution in [3.05, 3.63) is 47.8 Å². The van der Waals surface area contributed by atoms with Crippen LogP contribution in [-0.4, -0.2) is 15.1 Å². The average Bonchev–Trinajstić information content (AvgIpc) is 3.24. The van der Waals surface area contributed by atoms with Gasteiger partial charge in [0.2, 0.25) is 0 Å². The van der Waals surface area contributed by atoms with Crippen molar-refractivity contribution in [2.75, 3.05) is 0 Å². The lowest BCUT2D eigenvalue weighted by atomic mass is 9.53.